The van der Waals surface area contributed by atoms with Crippen LogP contribution in [0.2, 0.25) is 0 Å². The number of piperidine rings is 1. The molecule has 1 aliphatic carbocycles. The Morgan fingerprint density at radius 2 is 1.83 bits per heavy atom. The Balaban J connectivity index is 0.00000208. The Labute approximate surface area is 152 Å². The number of hydrogen-bond acceptors (Lipinski definition) is 2. The molecule has 1 atom stereocenters. The van der Waals surface area contributed by atoms with Crippen molar-refractivity contribution in [1.29, 1.82) is 0 Å². The van der Waals surface area contributed by atoms with Crippen molar-refractivity contribution in [3.8, 4) is 0 Å². The van der Waals surface area contributed by atoms with Crippen molar-refractivity contribution in [3.05, 3.63) is 35.9 Å². The monoisotopic (exact) mass is 350 g/mol. The Morgan fingerprint density at radius 3 is 2.50 bits per heavy atom. The fourth-order valence-electron chi connectivity index (χ4n) is 4.38. The van der Waals surface area contributed by atoms with E-state index in [4.69, 9.17) is 0 Å². The molecule has 3 rings (SSSR count). The molecule has 1 heterocycles. The smallest absolute Gasteiger partial charge is 0.225 e. The molecule has 4 heteroatoms. The molecule has 1 saturated heterocycles. The number of amides is 1. The van der Waals surface area contributed by atoms with Crippen molar-refractivity contribution in [2.45, 2.75) is 44.4 Å². The van der Waals surface area contributed by atoms with Crippen LogP contribution in [0.1, 0.15) is 50.0 Å². The average molecular weight is 351 g/mol. The normalized spacial score (nSPS) is 27.4. The van der Waals surface area contributed by atoms with Gasteiger partial charge in [0.1, 0.15) is 0 Å². The highest BCUT2D eigenvalue weighted by atomic mass is 35.5. The van der Waals surface area contributed by atoms with E-state index in [0.717, 1.165) is 51.7 Å². The van der Waals surface area contributed by atoms with Gasteiger partial charge in [0.05, 0.1) is 0 Å². The van der Waals surface area contributed by atoms with Crippen LogP contribution in [0, 0.1) is 11.8 Å². The van der Waals surface area contributed by atoms with Crippen LogP contribution in [0.25, 0.3) is 0 Å². The first-order valence-corrected chi connectivity index (χ1v) is 9.26. The van der Waals surface area contributed by atoms with Gasteiger partial charge in [-0.25, -0.2) is 0 Å². The largest absolute Gasteiger partial charge is 0.342 e. The molecule has 0 radical (unpaired) electrons. The number of halogens is 1. The van der Waals surface area contributed by atoms with Crippen molar-refractivity contribution in [2.24, 2.45) is 11.8 Å². The van der Waals surface area contributed by atoms with E-state index in [1.807, 2.05) is 7.05 Å². The minimum absolute atomic E-state index is 0. The van der Waals surface area contributed by atoms with Crippen LogP contribution in [0.4, 0.5) is 0 Å². The minimum Gasteiger partial charge on any atom is -0.342 e. The Morgan fingerprint density at radius 1 is 1.12 bits per heavy atom. The minimum atomic E-state index is 0. The number of rotatable bonds is 4. The summed E-state index contributed by atoms with van der Waals surface area (Å²) in [5.74, 6) is 1.98. The summed E-state index contributed by atoms with van der Waals surface area (Å²) in [6.07, 6.45) is 6.86. The van der Waals surface area contributed by atoms with Crippen LogP contribution >= 0.6 is 12.4 Å². The van der Waals surface area contributed by atoms with Gasteiger partial charge in [-0.05, 0) is 69.5 Å². The summed E-state index contributed by atoms with van der Waals surface area (Å²) in [4.78, 5) is 15.0. The Kier molecular flexibility index (Phi) is 7.57. The van der Waals surface area contributed by atoms with E-state index in [1.165, 1.54) is 12.0 Å². The molecule has 2 fully saturated rings. The van der Waals surface area contributed by atoms with Gasteiger partial charge in [-0.2, -0.15) is 0 Å². The maximum atomic E-state index is 12.9. The molecule has 3 nitrogen and oxygen atoms in total. The summed E-state index contributed by atoms with van der Waals surface area (Å²) in [5, 5.41) is 3.26. The molecule has 2 aliphatic rings. The molecule has 24 heavy (non-hydrogen) atoms. The van der Waals surface area contributed by atoms with Crippen molar-refractivity contribution in [3.63, 3.8) is 0 Å². The van der Waals surface area contributed by atoms with Crippen LogP contribution in [0.3, 0.4) is 0 Å². The van der Waals surface area contributed by atoms with Crippen LogP contribution in [-0.2, 0) is 4.79 Å². The third-order valence-electron chi connectivity index (χ3n) is 5.67. The third kappa shape index (κ3) is 4.73. The summed E-state index contributed by atoms with van der Waals surface area (Å²) in [6.45, 7) is 2.96. The fourth-order valence-corrected chi connectivity index (χ4v) is 4.38. The fraction of sp³-hybridized carbons (Fsp3) is 0.650. The predicted molar refractivity (Wildman–Crippen MR) is 102 cm³/mol. The predicted octanol–water partition coefficient (Wildman–Crippen LogP) is 3.84. The molecular formula is C20H31ClN2O. The number of carbonyl (C=O) groups excluding carboxylic acids is 1. The first kappa shape index (κ1) is 19.3. The number of hydrogen-bond donors (Lipinski definition) is 1. The summed E-state index contributed by atoms with van der Waals surface area (Å²) >= 11 is 0. The van der Waals surface area contributed by atoms with Crippen molar-refractivity contribution >= 4 is 18.3 Å². The standard InChI is InChI=1S/C20H30N2O.ClH/c1-21-14-16-6-5-13-22(15-16)20(23)19-11-9-18(10-12-19)17-7-3-2-4-8-17;/h2-4,7-8,16,18-19,21H,5-6,9-15H2,1H3;1H. The van der Waals surface area contributed by atoms with E-state index in [9.17, 15) is 4.79 Å². The molecule has 1 aromatic carbocycles. The highest BCUT2D eigenvalue weighted by Crippen LogP contribution is 2.36. The first-order valence-electron chi connectivity index (χ1n) is 9.26. The molecule has 1 saturated carbocycles. The second kappa shape index (κ2) is 9.43. The lowest BCUT2D eigenvalue weighted by Crippen LogP contribution is -2.45. The van der Waals surface area contributed by atoms with Gasteiger partial charge in [-0.1, -0.05) is 30.3 Å². The molecule has 0 spiro atoms. The maximum Gasteiger partial charge on any atom is 0.225 e. The molecule has 1 N–H and O–H groups in total. The van der Waals surface area contributed by atoms with Crippen LogP contribution in [-0.4, -0.2) is 37.5 Å². The summed E-state index contributed by atoms with van der Waals surface area (Å²) in [7, 11) is 2.01. The highest BCUT2D eigenvalue weighted by molar-refractivity contribution is 5.85. The van der Waals surface area contributed by atoms with Gasteiger partial charge >= 0.3 is 0 Å². The second-order valence-electron chi connectivity index (χ2n) is 7.31. The van der Waals surface area contributed by atoms with Gasteiger partial charge < -0.3 is 10.2 Å². The zero-order valence-electron chi connectivity index (χ0n) is 14.7. The summed E-state index contributed by atoms with van der Waals surface area (Å²) in [5.41, 5.74) is 1.45. The molecule has 1 amide bonds. The zero-order chi connectivity index (χ0) is 16.1. The number of carbonyl (C=O) groups is 1. The van der Waals surface area contributed by atoms with E-state index in [1.54, 1.807) is 0 Å². The van der Waals surface area contributed by atoms with Gasteiger partial charge in [0.2, 0.25) is 5.91 Å². The maximum absolute atomic E-state index is 12.9. The number of benzene rings is 1. The number of likely N-dealkylation sites (tertiary alicyclic amines) is 1. The lowest BCUT2D eigenvalue weighted by atomic mass is 9.78. The lowest BCUT2D eigenvalue weighted by molar-refractivity contribution is -0.138. The summed E-state index contributed by atoms with van der Waals surface area (Å²) in [6, 6.07) is 10.8. The topological polar surface area (TPSA) is 32.3 Å². The average Bonchev–Trinajstić information content (AvgIpc) is 2.62. The molecule has 134 valence electrons. The van der Waals surface area contributed by atoms with E-state index < -0.39 is 0 Å². The quantitative estimate of drug-likeness (QED) is 0.894. The van der Waals surface area contributed by atoms with Gasteiger partial charge in [-0.3, -0.25) is 4.79 Å². The van der Waals surface area contributed by atoms with Crippen LogP contribution in [0.15, 0.2) is 30.3 Å². The van der Waals surface area contributed by atoms with Crippen molar-refractivity contribution in [1.82, 2.24) is 10.2 Å². The number of nitrogens with zero attached hydrogens (tertiary/aromatic N) is 1. The van der Waals surface area contributed by atoms with Gasteiger partial charge in [-0.15, -0.1) is 12.4 Å². The van der Waals surface area contributed by atoms with Crippen molar-refractivity contribution in [2.75, 3.05) is 26.7 Å². The van der Waals surface area contributed by atoms with Crippen LogP contribution in [0.5, 0.6) is 0 Å². The lowest BCUT2D eigenvalue weighted by Gasteiger charge is -2.37. The zero-order valence-corrected chi connectivity index (χ0v) is 15.6. The third-order valence-corrected chi connectivity index (χ3v) is 5.67. The Bertz CT molecular complexity index is 498. The van der Waals surface area contributed by atoms with Gasteiger partial charge in [0.15, 0.2) is 0 Å². The van der Waals surface area contributed by atoms with Crippen LogP contribution < -0.4 is 5.32 Å². The van der Waals surface area contributed by atoms with E-state index in [-0.39, 0.29) is 18.3 Å². The van der Waals surface area contributed by atoms with Gasteiger partial charge in [0, 0.05) is 19.0 Å². The second-order valence-corrected chi connectivity index (χ2v) is 7.31. The number of nitrogens with one attached hydrogen (secondary N) is 1. The first-order chi connectivity index (χ1) is 11.3. The molecule has 0 bridgehead atoms. The molecule has 1 aromatic rings. The molecule has 1 aliphatic heterocycles. The molecule has 1 unspecified atom stereocenters. The SMILES string of the molecule is CNCC1CCCN(C(=O)C2CCC(c3ccccc3)CC2)C1.Cl. The van der Waals surface area contributed by atoms with E-state index in [0.29, 0.717) is 17.7 Å². The molecule has 0 aromatic heterocycles. The van der Waals surface area contributed by atoms with Crippen molar-refractivity contribution < 1.29 is 4.79 Å². The van der Waals surface area contributed by atoms with Gasteiger partial charge in [0.25, 0.3) is 0 Å². The van der Waals surface area contributed by atoms with E-state index >= 15 is 0 Å². The van der Waals surface area contributed by atoms with E-state index in [2.05, 4.69) is 40.5 Å². The Hall–Kier alpha value is -1.06. The summed E-state index contributed by atoms with van der Waals surface area (Å²) < 4.78 is 0. The molecular weight excluding hydrogens is 320 g/mol. The highest BCUT2D eigenvalue weighted by Gasteiger charge is 2.32.